The van der Waals surface area contributed by atoms with Gasteiger partial charge in [-0.1, -0.05) is 57.9 Å². The number of aliphatic hydroxyl groups is 2. The van der Waals surface area contributed by atoms with E-state index in [4.69, 9.17) is 58.2 Å². The summed E-state index contributed by atoms with van der Waals surface area (Å²) in [4.78, 5) is 122. The third-order valence-corrected chi connectivity index (χ3v) is 15.3. The molecule has 0 aromatic carbocycles. The summed E-state index contributed by atoms with van der Waals surface area (Å²) in [6, 6.07) is -2.22. The molecule has 0 bridgehead atoms. The van der Waals surface area contributed by atoms with Crippen molar-refractivity contribution >= 4 is 41.7 Å². The number of carboxylic acid groups (broad SMARTS) is 2. The van der Waals surface area contributed by atoms with Gasteiger partial charge in [0.2, 0.25) is 12.2 Å². The number of hydrogen-bond acceptors (Lipinski definition) is 23. The first kappa shape index (κ1) is 69.8. The number of aliphatic hydroxyl groups excluding tert-OH is 2. The number of unbranched alkanes of at least 4 members (excludes halogenated alkanes) is 4. The van der Waals surface area contributed by atoms with Crippen LogP contribution in [-0.4, -0.2) is 215 Å². The van der Waals surface area contributed by atoms with Gasteiger partial charge in [0.25, 0.3) is 5.56 Å². The summed E-state index contributed by atoms with van der Waals surface area (Å²) >= 11 is 0. The standard InChI is InChI=1S/C57H87N5O23/c1-8-10-11-12-13-14-15-16-17-18-19-20-33(78-43(69)25-32(3)26-44(70)84-56-53(77-7)52(50(76-6)36(9-2)81-56)83-42(68)22-21-41(66)67)27-45(71)79-38-31-60(4)48(54(72)61(5)47(38)55(73)74)51(85-46-29-34(63)37(30-58)80-46)49-35(64)28-40(82-49)62-24-23-39(65)59-57(62)75/h13-14,16-17,23-24,32-38,40,46-53,56,63-64H,8-12,15,18-22,25-31,58H2,1-7H3,(H,66,67)(H,73,74)(H,59,65,75)/b14-13-,17-16-/t32?,33?,34-,35-,36?,37+,38?,40+,46-,47?,48?,49-,50?,51?,52?,53?,56?/m0/s1. The number of ether oxygens (including phenoxy) is 10. The highest BCUT2D eigenvalue weighted by molar-refractivity contribution is 5.89. The summed E-state index contributed by atoms with van der Waals surface area (Å²) in [5, 5.41) is 42.0. The second-order valence-electron chi connectivity index (χ2n) is 21.9. The number of nitrogens with two attached hydrogens (primary N) is 1. The Balaban J connectivity index is 1.31. The quantitative estimate of drug-likeness (QED) is 0.0252. The van der Waals surface area contributed by atoms with Crippen LogP contribution in [0.5, 0.6) is 0 Å². The average Bonchev–Trinajstić information content (AvgIpc) is 3.86. The van der Waals surface area contributed by atoms with E-state index >= 15 is 0 Å². The lowest BCUT2D eigenvalue weighted by Crippen LogP contribution is -2.61. The van der Waals surface area contributed by atoms with Gasteiger partial charge in [-0.3, -0.25) is 48.0 Å². The minimum Gasteiger partial charge on any atom is -0.481 e. The predicted octanol–water partition coefficient (Wildman–Crippen LogP) is 1.60. The fourth-order valence-corrected chi connectivity index (χ4v) is 10.9. The summed E-state index contributed by atoms with van der Waals surface area (Å²) < 4.78 is 59.8. The maximum absolute atomic E-state index is 14.7. The number of aromatic amines is 1. The van der Waals surface area contributed by atoms with Gasteiger partial charge in [-0.25, -0.2) is 9.59 Å². The summed E-state index contributed by atoms with van der Waals surface area (Å²) in [5.41, 5.74) is 4.29. The number of carboxylic acids is 2. The number of carbonyl (C=O) groups excluding carboxylic acids is 5. The SMILES string of the molecule is CCCCC/C=C\C/C=C\CCCC(CC(=O)OC1CN(C)C(C(O[C@H]2C[C@H](O)[C@@H](CN)O2)[C@H]2O[C@@H](n3ccc(=O)[nH]c3=O)C[C@@H]2O)C(=O)N(C)C1C(=O)O)OC(=O)CC(C)CC(=O)OC1OC(CC)C(OC)C(OC(=O)CCC(=O)O)C1OC. The third-order valence-electron chi connectivity index (χ3n) is 15.3. The number of likely N-dealkylation sites (N-methyl/N-ethyl adjacent to an activating group) is 2. The predicted molar refractivity (Wildman–Crippen MR) is 297 cm³/mol. The molecule has 4 aliphatic rings. The number of amides is 1. The maximum Gasteiger partial charge on any atom is 0.330 e. The van der Waals surface area contributed by atoms with Crippen LogP contribution in [0.4, 0.5) is 0 Å². The van der Waals surface area contributed by atoms with E-state index in [0.29, 0.717) is 25.7 Å². The van der Waals surface area contributed by atoms with Crippen molar-refractivity contribution in [2.24, 2.45) is 11.7 Å². The monoisotopic (exact) mass is 1210 g/mol. The second kappa shape index (κ2) is 34.4. The van der Waals surface area contributed by atoms with Crippen molar-refractivity contribution in [3.63, 3.8) is 0 Å². The fourth-order valence-electron chi connectivity index (χ4n) is 10.9. The number of nitrogens with one attached hydrogen (secondary N) is 1. The van der Waals surface area contributed by atoms with Crippen LogP contribution in [0, 0.1) is 5.92 Å². The van der Waals surface area contributed by atoms with Crippen molar-refractivity contribution in [1.29, 1.82) is 0 Å². The molecular formula is C57H87N5O23. The third kappa shape index (κ3) is 20.3. The summed E-state index contributed by atoms with van der Waals surface area (Å²) in [6.45, 7) is 4.98. The number of carbonyl (C=O) groups is 7. The molecule has 1 aromatic rings. The molecule has 7 N–H and O–H groups in total. The van der Waals surface area contributed by atoms with Crippen LogP contribution < -0.4 is 17.0 Å². The number of allylic oxidation sites excluding steroid dienone is 4. The Morgan fingerprint density at radius 3 is 2.09 bits per heavy atom. The van der Waals surface area contributed by atoms with Crippen LogP contribution >= 0.6 is 0 Å². The molecule has 0 aliphatic carbocycles. The first-order valence-corrected chi connectivity index (χ1v) is 29.1. The average molecular weight is 1210 g/mol. The number of rotatable bonds is 33. The van der Waals surface area contributed by atoms with E-state index in [1.165, 1.54) is 39.4 Å². The smallest absolute Gasteiger partial charge is 0.330 e. The van der Waals surface area contributed by atoms with Crippen LogP contribution in [-0.2, 0) is 80.9 Å². The van der Waals surface area contributed by atoms with E-state index in [9.17, 15) is 58.5 Å². The molecule has 4 saturated heterocycles. The van der Waals surface area contributed by atoms with Crippen LogP contribution in [0.1, 0.15) is 130 Å². The highest BCUT2D eigenvalue weighted by Crippen LogP contribution is 2.37. The Morgan fingerprint density at radius 1 is 0.788 bits per heavy atom. The molecule has 28 nitrogen and oxygen atoms in total. The number of aliphatic carboxylic acids is 2. The molecule has 478 valence electrons. The fraction of sp³-hybridized carbons (Fsp3) is 0.737. The normalized spacial score (nSPS) is 29.3. The molecule has 5 rings (SSSR count). The lowest BCUT2D eigenvalue weighted by Gasteiger charge is -2.44. The minimum atomic E-state index is -1.80. The van der Waals surface area contributed by atoms with Gasteiger partial charge in [0.15, 0.2) is 24.5 Å². The van der Waals surface area contributed by atoms with Crippen molar-refractivity contribution in [3.05, 3.63) is 57.4 Å². The molecule has 0 saturated carbocycles. The van der Waals surface area contributed by atoms with E-state index in [1.807, 2.05) is 12.2 Å². The van der Waals surface area contributed by atoms with Gasteiger partial charge in [0.05, 0.1) is 43.7 Å². The number of esters is 4. The Labute approximate surface area is 493 Å². The van der Waals surface area contributed by atoms with Crippen molar-refractivity contribution in [2.45, 2.75) is 222 Å². The van der Waals surface area contributed by atoms with Crippen molar-refractivity contribution < 1.29 is 101 Å². The summed E-state index contributed by atoms with van der Waals surface area (Å²) in [6.07, 6.45) is -3.35. The van der Waals surface area contributed by atoms with Gasteiger partial charge in [0, 0.05) is 72.3 Å². The van der Waals surface area contributed by atoms with Crippen molar-refractivity contribution in [2.75, 3.05) is 41.4 Å². The Hall–Kier alpha value is -5.95. The van der Waals surface area contributed by atoms with E-state index in [0.717, 1.165) is 41.2 Å². The molecule has 11 unspecified atom stereocenters. The van der Waals surface area contributed by atoms with Gasteiger partial charge in [-0.05, 0) is 57.9 Å². The van der Waals surface area contributed by atoms with Crippen LogP contribution in [0.25, 0.3) is 0 Å². The number of nitrogens with zero attached hydrogens (tertiary/aromatic N) is 3. The Morgan fingerprint density at radius 2 is 1.47 bits per heavy atom. The van der Waals surface area contributed by atoms with Gasteiger partial charge in [0.1, 0.15) is 42.8 Å². The topological polar surface area (TPSA) is 380 Å². The maximum atomic E-state index is 14.7. The van der Waals surface area contributed by atoms with E-state index in [1.54, 1.807) is 13.8 Å². The zero-order valence-electron chi connectivity index (χ0n) is 49.5. The molecule has 28 heteroatoms. The number of aromatic nitrogens is 2. The highest BCUT2D eigenvalue weighted by Gasteiger charge is 2.55. The number of H-pyrrole nitrogens is 1. The molecule has 5 heterocycles. The zero-order valence-corrected chi connectivity index (χ0v) is 49.5. The highest BCUT2D eigenvalue weighted by atomic mass is 16.7. The minimum absolute atomic E-state index is 0.0952. The number of methoxy groups -OCH3 is 2. The van der Waals surface area contributed by atoms with Crippen LogP contribution in [0.15, 0.2) is 46.2 Å². The van der Waals surface area contributed by atoms with Gasteiger partial charge < -0.3 is 78.4 Å². The van der Waals surface area contributed by atoms with Crippen LogP contribution in [0.3, 0.4) is 0 Å². The largest absolute Gasteiger partial charge is 0.481 e. The van der Waals surface area contributed by atoms with Crippen molar-refractivity contribution in [3.8, 4) is 0 Å². The Bertz CT molecular complexity index is 2540. The van der Waals surface area contributed by atoms with E-state index in [2.05, 4.69) is 24.1 Å². The molecule has 1 aromatic heterocycles. The van der Waals surface area contributed by atoms with E-state index < -0.39 is 183 Å². The van der Waals surface area contributed by atoms with Crippen molar-refractivity contribution in [1.82, 2.24) is 19.4 Å². The van der Waals surface area contributed by atoms with Gasteiger partial charge in [-0.15, -0.1) is 0 Å². The molecule has 85 heavy (non-hydrogen) atoms. The molecule has 4 fully saturated rings. The summed E-state index contributed by atoms with van der Waals surface area (Å²) in [5.74, 6) is -7.75. The van der Waals surface area contributed by atoms with E-state index in [-0.39, 0.29) is 38.6 Å². The molecule has 0 spiro atoms. The lowest BCUT2D eigenvalue weighted by molar-refractivity contribution is -0.299. The first-order valence-electron chi connectivity index (χ1n) is 29.1. The van der Waals surface area contributed by atoms with Gasteiger partial charge in [-0.2, -0.15) is 0 Å². The first-order chi connectivity index (χ1) is 40.5. The van der Waals surface area contributed by atoms with Gasteiger partial charge >= 0.3 is 41.5 Å². The summed E-state index contributed by atoms with van der Waals surface area (Å²) in [7, 11) is 5.27. The zero-order chi connectivity index (χ0) is 62.5. The second-order valence-corrected chi connectivity index (χ2v) is 21.9. The molecule has 17 atom stereocenters. The molecule has 4 aliphatic heterocycles. The number of hydrogen-bond donors (Lipinski definition) is 6. The Kier molecular flexibility index (Phi) is 28.3. The molecular weight excluding hydrogens is 1120 g/mol. The lowest BCUT2D eigenvalue weighted by atomic mass is 9.96. The molecule has 0 radical (unpaired) electrons. The van der Waals surface area contributed by atoms with Crippen LogP contribution in [0.2, 0.25) is 0 Å². The molecule has 1 amide bonds.